The van der Waals surface area contributed by atoms with Crippen molar-refractivity contribution in [3.63, 3.8) is 0 Å². The second-order valence-electron chi connectivity index (χ2n) is 4.70. The van der Waals surface area contributed by atoms with Crippen molar-refractivity contribution in [3.8, 4) is 5.69 Å². The standard InChI is InChI=1S/C15H13F2N3/c1-9(18)15-19-13-7-4-11(17)8-14(13)20(15)12-5-2-10(16)3-6-12/h2-9H,18H2,1H3. The van der Waals surface area contributed by atoms with E-state index in [1.165, 1.54) is 24.3 Å². The monoisotopic (exact) mass is 273 g/mol. The van der Waals surface area contributed by atoms with E-state index in [0.29, 0.717) is 22.5 Å². The fraction of sp³-hybridized carbons (Fsp3) is 0.133. The van der Waals surface area contributed by atoms with Gasteiger partial charge in [-0.1, -0.05) is 0 Å². The van der Waals surface area contributed by atoms with Crippen LogP contribution in [0.4, 0.5) is 8.78 Å². The first-order valence-corrected chi connectivity index (χ1v) is 6.25. The summed E-state index contributed by atoms with van der Waals surface area (Å²) in [6, 6.07) is 9.98. The molecule has 1 unspecified atom stereocenters. The molecule has 1 aromatic heterocycles. The van der Waals surface area contributed by atoms with Crippen LogP contribution in [0.5, 0.6) is 0 Å². The summed E-state index contributed by atoms with van der Waals surface area (Å²) in [5, 5.41) is 0. The van der Waals surface area contributed by atoms with Crippen molar-refractivity contribution >= 4 is 11.0 Å². The molecule has 0 aliphatic heterocycles. The predicted molar refractivity (Wildman–Crippen MR) is 73.6 cm³/mol. The Labute approximate surface area is 114 Å². The van der Waals surface area contributed by atoms with Crippen LogP contribution in [0, 0.1) is 11.6 Å². The number of halogens is 2. The van der Waals surface area contributed by atoms with E-state index in [1.54, 1.807) is 29.7 Å². The second-order valence-corrected chi connectivity index (χ2v) is 4.70. The largest absolute Gasteiger partial charge is 0.322 e. The molecule has 102 valence electrons. The van der Waals surface area contributed by atoms with Crippen LogP contribution in [0.25, 0.3) is 16.7 Å². The van der Waals surface area contributed by atoms with Gasteiger partial charge in [0.1, 0.15) is 17.5 Å². The Balaban J connectivity index is 2.33. The van der Waals surface area contributed by atoms with Crippen LogP contribution in [0.15, 0.2) is 42.5 Å². The molecule has 3 aromatic rings. The maximum Gasteiger partial charge on any atom is 0.131 e. The molecule has 1 heterocycles. The van der Waals surface area contributed by atoms with E-state index in [1.807, 2.05) is 0 Å². The first kappa shape index (κ1) is 12.7. The smallest absolute Gasteiger partial charge is 0.131 e. The molecule has 2 aromatic carbocycles. The van der Waals surface area contributed by atoms with Gasteiger partial charge in [-0.05, 0) is 43.3 Å². The van der Waals surface area contributed by atoms with E-state index < -0.39 is 0 Å². The van der Waals surface area contributed by atoms with Crippen LogP contribution in [0.2, 0.25) is 0 Å². The lowest BCUT2D eigenvalue weighted by atomic mass is 10.2. The lowest BCUT2D eigenvalue weighted by Crippen LogP contribution is -2.12. The van der Waals surface area contributed by atoms with Crippen molar-refractivity contribution < 1.29 is 8.78 Å². The predicted octanol–water partition coefficient (Wildman–Crippen LogP) is 3.32. The van der Waals surface area contributed by atoms with Gasteiger partial charge in [-0.3, -0.25) is 4.57 Å². The normalized spacial score (nSPS) is 12.8. The molecule has 0 saturated heterocycles. The summed E-state index contributed by atoms with van der Waals surface area (Å²) in [7, 11) is 0. The maximum atomic E-state index is 13.5. The minimum atomic E-state index is -0.350. The Morgan fingerprint density at radius 2 is 1.70 bits per heavy atom. The third-order valence-electron chi connectivity index (χ3n) is 3.13. The molecule has 0 amide bonds. The summed E-state index contributed by atoms with van der Waals surface area (Å²) < 4.78 is 28.3. The highest BCUT2D eigenvalue weighted by Crippen LogP contribution is 2.25. The molecule has 0 bridgehead atoms. The number of benzene rings is 2. The molecule has 3 rings (SSSR count). The lowest BCUT2D eigenvalue weighted by molar-refractivity contribution is 0.626. The number of hydrogen-bond donors (Lipinski definition) is 1. The molecule has 5 heteroatoms. The molecule has 2 N–H and O–H groups in total. The third-order valence-corrected chi connectivity index (χ3v) is 3.13. The van der Waals surface area contributed by atoms with Gasteiger partial charge in [0.25, 0.3) is 0 Å². The quantitative estimate of drug-likeness (QED) is 0.778. The molecule has 0 radical (unpaired) electrons. The highest BCUT2D eigenvalue weighted by atomic mass is 19.1. The number of aromatic nitrogens is 2. The number of nitrogens with two attached hydrogens (primary N) is 1. The van der Waals surface area contributed by atoms with E-state index in [-0.39, 0.29) is 17.7 Å². The van der Waals surface area contributed by atoms with Gasteiger partial charge in [0.15, 0.2) is 0 Å². The van der Waals surface area contributed by atoms with Crippen LogP contribution in [0.3, 0.4) is 0 Å². The minimum Gasteiger partial charge on any atom is -0.322 e. The van der Waals surface area contributed by atoms with Crippen LogP contribution >= 0.6 is 0 Å². The van der Waals surface area contributed by atoms with Crippen LogP contribution in [-0.4, -0.2) is 9.55 Å². The van der Waals surface area contributed by atoms with Gasteiger partial charge in [-0.25, -0.2) is 13.8 Å². The van der Waals surface area contributed by atoms with Gasteiger partial charge < -0.3 is 5.73 Å². The SMILES string of the molecule is CC(N)c1nc2ccc(F)cc2n1-c1ccc(F)cc1. The molecule has 0 aliphatic carbocycles. The lowest BCUT2D eigenvalue weighted by Gasteiger charge is -2.11. The minimum absolute atomic E-state index is 0.324. The van der Waals surface area contributed by atoms with Gasteiger partial charge in [-0.15, -0.1) is 0 Å². The molecule has 3 nitrogen and oxygen atoms in total. The molecular weight excluding hydrogens is 260 g/mol. The molecule has 20 heavy (non-hydrogen) atoms. The van der Waals surface area contributed by atoms with Crippen LogP contribution < -0.4 is 5.73 Å². The number of nitrogens with zero attached hydrogens (tertiary/aromatic N) is 2. The fourth-order valence-electron chi connectivity index (χ4n) is 2.23. The second kappa shape index (κ2) is 4.68. The average Bonchev–Trinajstić information content (AvgIpc) is 2.78. The van der Waals surface area contributed by atoms with E-state index in [2.05, 4.69) is 4.98 Å². The average molecular weight is 273 g/mol. The number of fused-ring (bicyclic) bond motifs is 1. The molecule has 1 atom stereocenters. The Bertz CT molecular complexity index is 761. The highest BCUT2D eigenvalue weighted by molar-refractivity contribution is 5.78. The molecule has 0 aliphatic rings. The van der Waals surface area contributed by atoms with Crippen molar-refractivity contribution in [3.05, 3.63) is 59.9 Å². The van der Waals surface area contributed by atoms with Crippen molar-refractivity contribution in [2.24, 2.45) is 5.73 Å². The van der Waals surface area contributed by atoms with Gasteiger partial charge in [0.2, 0.25) is 0 Å². The van der Waals surface area contributed by atoms with Crippen molar-refractivity contribution in [2.45, 2.75) is 13.0 Å². The highest BCUT2D eigenvalue weighted by Gasteiger charge is 2.15. The maximum absolute atomic E-state index is 13.5. The van der Waals surface area contributed by atoms with Crippen LogP contribution in [0.1, 0.15) is 18.8 Å². The van der Waals surface area contributed by atoms with Crippen molar-refractivity contribution in [1.29, 1.82) is 0 Å². The molecule has 0 fully saturated rings. The number of rotatable bonds is 2. The van der Waals surface area contributed by atoms with E-state index in [0.717, 1.165) is 0 Å². The van der Waals surface area contributed by atoms with Gasteiger partial charge in [-0.2, -0.15) is 0 Å². The van der Waals surface area contributed by atoms with E-state index in [4.69, 9.17) is 5.73 Å². The van der Waals surface area contributed by atoms with Gasteiger partial charge in [0, 0.05) is 11.8 Å². The first-order chi connectivity index (χ1) is 9.56. The summed E-state index contributed by atoms with van der Waals surface area (Å²) in [5.41, 5.74) is 7.90. The summed E-state index contributed by atoms with van der Waals surface area (Å²) in [4.78, 5) is 4.43. The van der Waals surface area contributed by atoms with E-state index in [9.17, 15) is 8.78 Å². The summed E-state index contributed by atoms with van der Waals surface area (Å²) in [6.45, 7) is 1.80. The van der Waals surface area contributed by atoms with E-state index >= 15 is 0 Å². The van der Waals surface area contributed by atoms with Crippen molar-refractivity contribution in [2.75, 3.05) is 0 Å². The fourth-order valence-corrected chi connectivity index (χ4v) is 2.23. The molecule has 0 spiro atoms. The number of hydrogen-bond acceptors (Lipinski definition) is 2. The Kier molecular flexibility index (Phi) is 2.99. The zero-order valence-corrected chi connectivity index (χ0v) is 10.8. The van der Waals surface area contributed by atoms with Gasteiger partial charge >= 0.3 is 0 Å². The topological polar surface area (TPSA) is 43.8 Å². The van der Waals surface area contributed by atoms with Gasteiger partial charge in [0.05, 0.1) is 17.1 Å². The summed E-state index contributed by atoms with van der Waals surface area (Å²) in [6.07, 6.45) is 0. The van der Waals surface area contributed by atoms with Crippen LogP contribution in [-0.2, 0) is 0 Å². The summed E-state index contributed by atoms with van der Waals surface area (Å²) in [5.74, 6) is -0.0686. The third kappa shape index (κ3) is 2.06. The van der Waals surface area contributed by atoms with Crippen molar-refractivity contribution in [1.82, 2.24) is 9.55 Å². The zero-order chi connectivity index (χ0) is 14.3. The zero-order valence-electron chi connectivity index (χ0n) is 10.8. The molecule has 0 saturated carbocycles. The Morgan fingerprint density at radius 3 is 2.35 bits per heavy atom. The summed E-state index contributed by atoms with van der Waals surface area (Å²) >= 11 is 0. The molecular formula is C15H13F2N3. The Morgan fingerprint density at radius 1 is 1.05 bits per heavy atom. The Hall–Kier alpha value is -2.27. The number of imidazole rings is 1. The first-order valence-electron chi connectivity index (χ1n) is 6.25.